The van der Waals surface area contributed by atoms with Crippen molar-refractivity contribution in [2.24, 2.45) is 0 Å². The smallest absolute Gasteiger partial charge is 0.267 e. The molecule has 0 fully saturated rings. The lowest BCUT2D eigenvalue weighted by atomic mass is 10.2. The second kappa shape index (κ2) is 7.73. The molecule has 0 radical (unpaired) electrons. The van der Waals surface area contributed by atoms with Crippen LogP contribution in [0.1, 0.15) is 45.6 Å². The number of hydrogen-bond donors (Lipinski definition) is 1. The van der Waals surface area contributed by atoms with Crippen LogP contribution >= 0.6 is 22.7 Å². The fourth-order valence-electron chi connectivity index (χ4n) is 3.39. The molecule has 1 amide bonds. The number of nitrogens with one attached hydrogen (secondary N) is 1. The highest BCUT2D eigenvalue weighted by atomic mass is 32.1. The zero-order valence-corrected chi connectivity index (χ0v) is 17.9. The van der Waals surface area contributed by atoms with Gasteiger partial charge >= 0.3 is 0 Å². The third-order valence-electron chi connectivity index (χ3n) is 5.02. The highest BCUT2D eigenvalue weighted by molar-refractivity contribution is 7.21. The Balaban J connectivity index is 1.62. The summed E-state index contributed by atoms with van der Waals surface area (Å²) in [6.07, 6.45) is 4.42. The molecule has 148 valence electrons. The average Bonchev–Trinajstić information content (AvgIpc) is 3.21. The fraction of sp³-hybridized carbons (Fsp3) is 0.474. The number of carbonyl (C=O) groups is 1. The Morgan fingerprint density at radius 1 is 1.36 bits per heavy atom. The molecule has 1 aliphatic rings. The molecule has 0 unspecified atom stereocenters. The number of amides is 1. The summed E-state index contributed by atoms with van der Waals surface area (Å²) in [6, 6.07) is 0. The van der Waals surface area contributed by atoms with E-state index < -0.39 is 0 Å². The lowest BCUT2D eigenvalue weighted by Gasteiger charge is -2.20. The van der Waals surface area contributed by atoms with Gasteiger partial charge in [0.2, 0.25) is 0 Å². The molecule has 28 heavy (non-hydrogen) atoms. The molecule has 9 heteroatoms. The molecule has 0 saturated carbocycles. The van der Waals surface area contributed by atoms with E-state index >= 15 is 0 Å². The number of aromatic nitrogens is 3. The van der Waals surface area contributed by atoms with E-state index in [1.54, 1.807) is 10.9 Å². The minimum Gasteiger partial charge on any atom is -0.301 e. The normalized spacial score (nSPS) is 14.4. The minimum absolute atomic E-state index is 0.0704. The van der Waals surface area contributed by atoms with Crippen molar-refractivity contribution < 1.29 is 4.79 Å². The Kier molecular flexibility index (Phi) is 5.31. The Labute approximate surface area is 171 Å². The molecule has 0 spiro atoms. The molecule has 0 aliphatic carbocycles. The summed E-state index contributed by atoms with van der Waals surface area (Å²) < 4.78 is 1.64. The van der Waals surface area contributed by atoms with Crippen LogP contribution in [0.15, 0.2) is 11.1 Å². The lowest BCUT2D eigenvalue weighted by molar-refractivity contribution is 0.103. The third-order valence-corrected chi connectivity index (χ3v) is 7.22. The van der Waals surface area contributed by atoms with E-state index in [1.165, 1.54) is 27.6 Å². The van der Waals surface area contributed by atoms with Crippen LogP contribution in [0.4, 0.5) is 5.13 Å². The molecule has 4 rings (SSSR count). The number of anilines is 1. The lowest BCUT2D eigenvalue weighted by Crippen LogP contribution is -2.25. The van der Waals surface area contributed by atoms with Crippen molar-refractivity contribution in [1.82, 2.24) is 19.4 Å². The van der Waals surface area contributed by atoms with Gasteiger partial charge in [0.05, 0.1) is 22.3 Å². The third kappa shape index (κ3) is 3.49. The molecule has 0 bridgehead atoms. The van der Waals surface area contributed by atoms with E-state index in [-0.39, 0.29) is 11.5 Å². The first kappa shape index (κ1) is 19.2. The molecular formula is C19H23N5O2S2. The Bertz CT molecular complexity index is 1100. The summed E-state index contributed by atoms with van der Waals surface area (Å²) >= 11 is 2.79. The van der Waals surface area contributed by atoms with Crippen molar-refractivity contribution >= 4 is 43.9 Å². The first-order valence-electron chi connectivity index (χ1n) is 9.45. The molecule has 1 aliphatic heterocycles. The van der Waals surface area contributed by atoms with Gasteiger partial charge in [0.25, 0.3) is 11.5 Å². The van der Waals surface area contributed by atoms with Crippen molar-refractivity contribution in [3.05, 3.63) is 37.7 Å². The summed E-state index contributed by atoms with van der Waals surface area (Å²) in [4.78, 5) is 39.2. The van der Waals surface area contributed by atoms with Gasteiger partial charge in [-0.15, -0.1) is 22.7 Å². The SMILES string of the molecule is CCCCn1cnc2sc(C(=O)Nc3nc4c(s3)CN(C)CC4)c(C)c2c1=O. The molecule has 1 N–H and O–H groups in total. The molecule has 3 aromatic rings. The monoisotopic (exact) mass is 417 g/mol. The summed E-state index contributed by atoms with van der Waals surface area (Å²) in [7, 11) is 2.09. The second-order valence-electron chi connectivity index (χ2n) is 7.16. The van der Waals surface area contributed by atoms with Crippen molar-refractivity contribution in [3.8, 4) is 0 Å². The summed E-state index contributed by atoms with van der Waals surface area (Å²) in [5.74, 6) is -0.223. The van der Waals surface area contributed by atoms with Gasteiger partial charge in [-0.2, -0.15) is 0 Å². The highest BCUT2D eigenvalue weighted by Crippen LogP contribution is 2.30. The maximum absolute atomic E-state index is 12.9. The van der Waals surface area contributed by atoms with Crippen molar-refractivity contribution in [3.63, 3.8) is 0 Å². The number of aryl methyl sites for hydroxylation is 2. The quantitative estimate of drug-likeness (QED) is 0.689. The summed E-state index contributed by atoms with van der Waals surface area (Å²) in [5.41, 5.74) is 1.70. The van der Waals surface area contributed by atoms with Gasteiger partial charge in [-0.1, -0.05) is 13.3 Å². The number of carbonyl (C=O) groups excluding carboxylic acids is 1. The van der Waals surface area contributed by atoms with Gasteiger partial charge in [0, 0.05) is 30.9 Å². The van der Waals surface area contributed by atoms with E-state index in [0.717, 1.165) is 38.0 Å². The minimum atomic E-state index is -0.223. The predicted octanol–water partition coefficient (Wildman–Crippen LogP) is 3.26. The molecule has 4 heterocycles. The zero-order valence-electron chi connectivity index (χ0n) is 16.2. The fourth-order valence-corrected chi connectivity index (χ4v) is 5.51. The van der Waals surface area contributed by atoms with E-state index in [4.69, 9.17) is 0 Å². The summed E-state index contributed by atoms with van der Waals surface area (Å²) in [5, 5.41) is 4.09. The molecule has 3 aromatic heterocycles. The number of fused-ring (bicyclic) bond motifs is 2. The number of unbranched alkanes of at least 4 members (excludes halogenated alkanes) is 1. The number of thiophene rings is 1. The number of hydrogen-bond acceptors (Lipinski definition) is 7. The Hall–Kier alpha value is -2.10. The first-order valence-corrected chi connectivity index (χ1v) is 11.1. The average molecular weight is 418 g/mol. The summed E-state index contributed by atoms with van der Waals surface area (Å²) in [6.45, 7) is 6.41. The van der Waals surface area contributed by atoms with Gasteiger partial charge < -0.3 is 4.90 Å². The Morgan fingerprint density at radius 3 is 2.96 bits per heavy atom. The molecule has 0 saturated heterocycles. The van der Waals surface area contributed by atoms with Crippen molar-refractivity contribution in [1.29, 1.82) is 0 Å². The van der Waals surface area contributed by atoms with E-state index in [9.17, 15) is 9.59 Å². The van der Waals surface area contributed by atoms with Gasteiger partial charge in [0.15, 0.2) is 5.13 Å². The zero-order chi connectivity index (χ0) is 19.8. The van der Waals surface area contributed by atoms with Crippen LogP contribution in [0.25, 0.3) is 10.2 Å². The maximum atomic E-state index is 12.9. The van der Waals surface area contributed by atoms with E-state index in [2.05, 4.69) is 34.2 Å². The number of thiazole rings is 1. The van der Waals surface area contributed by atoms with Crippen molar-refractivity contribution in [2.75, 3.05) is 18.9 Å². The predicted molar refractivity (Wildman–Crippen MR) is 114 cm³/mol. The van der Waals surface area contributed by atoms with Gasteiger partial charge in [-0.3, -0.25) is 19.5 Å². The van der Waals surface area contributed by atoms with Gasteiger partial charge in [-0.25, -0.2) is 9.97 Å². The van der Waals surface area contributed by atoms with Crippen LogP contribution in [0.2, 0.25) is 0 Å². The van der Waals surface area contributed by atoms with Crippen LogP contribution in [0.3, 0.4) is 0 Å². The number of rotatable bonds is 5. The van der Waals surface area contributed by atoms with Crippen LogP contribution < -0.4 is 10.9 Å². The second-order valence-corrected chi connectivity index (χ2v) is 9.25. The maximum Gasteiger partial charge on any atom is 0.267 e. The topological polar surface area (TPSA) is 80.1 Å². The van der Waals surface area contributed by atoms with E-state index in [1.807, 2.05) is 6.92 Å². The van der Waals surface area contributed by atoms with Crippen LogP contribution in [0, 0.1) is 6.92 Å². The largest absolute Gasteiger partial charge is 0.301 e. The van der Waals surface area contributed by atoms with Crippen LogP contribution in [-0.4, -0.2) is 38.9 Å². The van der Waals surface area contributed by atoms with Gasteiger partial charge in [-0.05, 0) is 26.0 Å². The Morgan fingerprint density at radius 2 is 2.18 bits per heavy atom. The highest BCUT2D eigenvalue weighted by Gasteiger charge is 2.22. The molecule has 7 nitrogen and oxygen atoms in total. The molecule has 0 aromatic carbocycles. The first-order chi connectivity index (χ1) is 13.5. The number of likely N-dealkylation sites (N-methyl/N-ethyl adjacent to an activating group) is 1. The molecular weight excluding hydrogens is 394 g/mol. The van der Waals surface area contributed by atoms with Crippen LogP contribution in [-0.2, 0) is 19.5 Å². The standard InChI is InChI=1S/C19H23N5O2S2/c1-4-5-7-24-10-20-17-14(18(24)26)11(2)15(28-17)16(25)22-19-21-12-6-8-23(3)9-13(12)27-19/h10H,4-9H2,1-3H3,(H,21,22,25). The van der Waals surface area contributed by atoms with E-state index in [0.29, 0.717) is 32.3 Å². The van der Waals surface area contributed by atoms with Crippen molar-refractivity contribution in [2.45, 2.75) is 46.2 Å². The van der Waals surface area contributed by atoms with Crippen LogP contribution in [0.5, 0.6) is 0 Å². The van der Waals surface area contributed by atoms with Gasteiger partial charge in [0.1, 0.15) is 4.83 Å². The molecule has 0 atom stereocenters. The number of nitrogens with zero attached hydrogens (tertiary/aromatic N) is 4.